The number of rotatable bonds is 12. The monoisotopic (exact) mass is 671 g/mol. The van der Waals surface area contributed by atoms with E-state index < -0.39 is 28.5 Å². The molecule has 0 heterocycles. The molecular weight excluding hydrogens is 629 g/mol. The van der Waals surface area contributed by atoms with Crippen LogP contribution in [0.2, 0.25) is 10.0 Å². The van der Waals surface area contributed by atoms with E-state index >= 15 is 0 Å². The predicted molar refractivity (Wildman–Crippen MR) is 182 cm³/mol. The van der Waals surface area contributed by atoms with Gasteiger partial charge in [-0.1, -0.05) is 99.1 Å². The number of amides is 2. The van der Waals surface area contributed by atoms with Crippen LogP contribution in [0.3, 0.4) is 0 Å². The molecule has 1 unspecified atom stereocenters. The molecule has 0 saturated heterocycles. The highest BCUT2D eigenvalue weighted by molar-refractivity contribution is 7.92. The van der Waals surface area contributed by atoms with Gasteiger partial charge in [0.1, 0.15) is 12.6 Å². The molecule has 1 atom stereocenters. The lowest BCUT2D eigenvalue weighted by Crippen LogP contribution is -2.54. The van der Waals surface area contributed by atoms with Gasteiger partial charge in [0.05, 0.1) is 10.6 Å². The number of anilines is 1. The highest BCUT2D eigenvalue weighted by Crippen LogP contribution is 2.30. The Morgan fingerprint density at radius 3 is 2.07 bits per heavy atom. The van der Waals surface area contributed by atoms with Gasteiger partial charge in [0.15, 0.2) is 0 Å². The van der Waals surface area contributed by atoms with Gasteiger partial charge in [-0.05, 0) is 74.1 Å². The van der Waals surface area contributed by atoms with Crippen LogP contribution in [0.1, 0.15) is 81.9 Å². The second-order valence-corrected chi connectivity index (χ2v) is 14.7. The number of carbonyl (C=O) groups is 2. The van der Waals surface area contributed by atoms with E-state index in [0.717, 1.165) is 47.5 Å². The maximum atomic E-state index is 14.4. The van der Waals surface area contributed by atoms with Crippen LogP contribution < -0.4 is 9.62 Å². The van der Waals surface area contributed by atoms with E-state index in [1.807, 2.05) is 26.0 Å². The smallest absolute Gasteiger partial charge is 0.264 e. The molecule has 1 fully saturated rings. The largest absolute Gasteiger partial charge is 0.352 e. The van der Waals surface area contributed by atoms with Crippen molar-refractivity contribution < 1.29 is 18.0 Å². The quantitative estimate of drug-likeness (QED) is 0.212. The third-order valence-electron chi connectivity index (χ3n) is 8.46. The number of benzene rings is 3. The molecule has 10 heteroatoms. The van der Waals surface area contributed by atoms with E-state index in [2.05, 4.69) is 19.2 Å². The summed E-state index contributed by atoms with van der Waals surface area (Å²) in [6, 6.07) is 18.0. The topological polar surface area (TPSA) is 86.8 Å². The molecule has 4 rings (SSSR count). The van der Waals surface area contributed by atoms with Crippen molar-refractivity contribution in [2.45, 2.75) is 95.7 Å². The number of halogens is 2. The first kappa shape index (κ1) is 34.8. The molecule has 0 bridgehead atoms. The van der Waals surface area contributed by atoms with E-state index in [1.54, 1.807) is 54.6 Å². The summed E-state index contributed by atoms with van der Waals surface area (Å²) in [6.45, 7) is 7.25. The fourth-order valence-corrected chi connectivity index (χ4v) is 7.64. The maximum Gasteiger partial charge on any atom is 0.264 e. The molecule has 1 aliphatic rings. The van der Waals surface area contributed by atoms with Crippen LogP contribution in [-0.2, 0) is 26.2 Å². The van der Waals surface area contributed by atoms with E-state index in [9.17, 15) is 18.0 Å². The van der Waals surface area contributed by atoms with E-state index in [4.69, 9.17) is 23.2 Å². The van der Waals surface area contributed by atoms with Crippen LogP contribution in [-0.4, -0.2) is 43.8 Å². The molecule has 0 spiro atoms. The van der Waals surface area contributed by atoms with Crippen molar-refractivity contribution in [1.29, 1.82) is 0 Å². The number of carbonyl (C=O) groups excluding carboxylic acids is 2. The molecule has 0 radical (unpaired) electrons. The normalized spacial score (nSPS) is 14.6. The Labute approximate surface area is 278 Å². The minimum absolute atomic E-state index is 0.0408. The third kappa shape index (κ3) is 8.60. The summed E-state index contributed by atoms with van der Waals surface area (Å²) in [5.41, 5.74) is 2.80. The van der Waals surface area contributed by atoms with Gasteiger partial charge in [-0.15, -0.1) is 0 Å². The van der Waals surface area contributed by atoms with Gasteiger partial charge in [0, 0.05) is 28.2 Å². The summed E-state index contributed by atoms with van der Waals surface area (Å²) in [4.78, 5) is 29.7. The molecule has 0 aliphatic heterocycles. The highest BCUT2D eigenvalue weighted by Gasteiger charge is 2.35. The predicted octanol–water partition coefficient (Wildman–Crippen LogP) is 7.88. The Morgan fingerprint density at radius 1 is 0.911 bits per heavy atom. The third-order valence-corrected chi connectivity index (χ3v) is 11.0. The number of hydrogen-bond acceptors (Lipinski definition) is 4. The number of sulfonamides is 1. The van der Waals surface area contributed by atoms with Crippen molar-refractivity contribution in [3.05, 3.63) is 93.5 Å². The van der Waals surface area contributed by atoms with Crippen LogP contribution in [0.15, 0.2) is 71.6 Å². The molecule has 1 saturated carbocycles. The van der Waals surface area contributed by atoms with Gasteiger partial charge in [0.2, 0.25) is 11.8 Å². The van der Waals surface area contributed by atoms with Crippen molar-refractivity contribution in [1.82, 2.24) is 10.2 Å². The summed E-state index contributed by atoms with van der Waals surface area (Å²) in [5, 5.41) is 3.87. The second kappa shape index (κ2) is 15.5. The average Bonchev–Trinajstić information content (AvgIpc) is 3.01. The summed E-state index contributed by atoms with van der Waals surface area (Å²) < 4.78 is 29.4. The molecular formula is C35H43Cl2N3O4S. The zero-order valence-electron chi connectivity index (χ0n) is 26.4. The average molecular weight is 673 g/mol. The number of nitrogens with zero attached hydrogens (tertiary/aromatic N) is 2. The first-order valence-electron chi connectivity index (χ1n) is 15.6. The summed E-state index contributed by atoms with van der Waals surface area (Å²) in [7, 11) is -4.16. The van der Waals surface area contributed by atoms with E-state index in [0.29, 0.717) is 27.7 Å². The van der Waals surface area contributed by atoms with Gasteiger partial charge in [-0.3, -0.25) is 13.9 Å². The van der Waals surface area contributed by atoms with Crippen molar-refractivity contribution in [3.8, 4) is 0 Å². The summed E-state index contributed by atoms with van der Waals surface area (Å²) in [6.07, 6.45) is 5.33. The lowest BCUT2D eigenvalue weighted by molar-refractivity contribution is -0.140. The Hall–Kier alpha value is -3.07. The van der Waals surface area contributed by atoms with Crippen LogP contribution in [0, 0.1) is 6.92 Å². The second-order valence-electron chi connectivity index (χ2n) is 12.1. The summed E-state index contributed by atoms with van der Waals surface area (Å²) in [5.74, 6) is -0.568. The van der Waals surface area contributed by atoms with Crippen molar-refractivity contribution in [3.63, 3.8) is 0 Å². The van der Waals surface area contributed by atoms with Crippen LogP contribution in [0.25, 0.3) is 0 Å². The fourth-order valence-electron chi connectivity index (χ4n) is 5.71. The lowest BCUT2D eigenvalue weighted by atomic mass is 9.95. The van der Waals surface area contributed by atoms with E-state index in [1.165, 1.54) is 4.90 Å². The molecule has 3 aromatic rings. The zero-order chi connectivity index (χ0) is 32.7. The van der Waals surface area contributed by atoms with Crippen molar-refractivity contribution >= 4 is 50.7 Å². The zero-order valence-corrected chi connectivity index (χ0v) is 28.8. The highest BCUT2D eigenvalue weighted by atomic mass is 35.5. The Bertz CT molecular complexity index is 1550. The molecule has 0 aromatic heterocycles. The number of nitrogens with one attached hydrogen (secondary N) is 1. The molecule has 242 valence electrons. The van der Waals surface area contributed by atoms with Gasteiger partial charge >= 0.3 is 0 Å². The minimum Gasteiger partial charge on any atom is -0.352 e. The SMILES string of the molecule is CCC(C(=O)NC1CCCCC1)N(Cc1c(Cl)cccc1Cl)C(=O)CN(c1ccc(C(C)C)cc1)S(=O)(=O)c1ccc(C)cc1. The van der Waals surface area contributed by atoms with Crippen LogP contribution in [0.5, 0.6) is 0 Å². The van der Waals surface area contributed by atoms with Crippen LogP contribution in [0.4, 0.5) is 5.69 Å². The lowest BCUT2D eigenvalue weighted by Gasteiger charge is -2.35. The molecule has 3 aromatic carbocycles. The first-order valence-corrected chi connectivity index (χ1v) is 17.8. The van der Waals surface area contributed by atoms with Crippen LogP contribution >= 0.6 is 23.2 Å². The number of aryl methyl sites for hydroxylation is 1. The Morgan fingerprint density at radius 2 is 1.51 bits per heavy atom. The Kier molecular flexibility index (Phi) is 12.0. The van der Waals surface area contributed by atoms with Gasteiger partial charge in [-0.25, -0.2) is 8.42 Å². The maximum absolute atomic E-state index is 14.4. The van der Waals surface area contributed by atoms with Crippen molar-refractivity contribution in [2.24, 2.45) is 0 Å². The molecule has 1 N–H and O–H groups in total. The van der Waals surface area contributed by atoms with Gasteiger partial charge < -0.3 is 10.2 Å². The van der Waals surface area contributed by atoms with Gasteiger partial charge in [-0.2, -0.15) is 0 Å². The first-order chi connectivity index (χ1) is 21.4. The van der Waals surface area contributed by atoms with E-state index in [-0.39, 0.29) is 29.3 Å². The molecule has 2 amide bonds. The number of hydrogen-bond donors (Lipinski definition) is 1. The standard InChI is InChI=1S/C35H43Cl2N3O4S/c1-5-33(35(42)38-27-10-7-6-8-11-27)39(22-30-31(36)12-9-13-32(30)37)34(41)23-40(28-18-16-26(17-19-28)24(2)3)45(43,44)29-20-14-25(4)15-21-29/h9,12-21,24,27,33H,5-8,10-11,22-23H2,1-4H3,(H,38,42). The summed E-state index contributed by atoms with van der Waals surface area (Å²) >= 11 is 13.1. The molecule has 1 aliphatic carbocycles. The Balaban J connectivity index is 1.75. The van der Waals surface area contributed by atoms with Crippen molar-refractivity contribution in [2.75, 3.05) is 10.8 Å². The molecule has 45 heavy (non-hydrogen) atoms. The van der Waals surface area contributed by atoms with Gasteiger partial charge in [0.25, 0.3) is 10.0 Å². The minimum atomic E-state index is -4.16. The fraction of sp³-hybridized carbons (Fsp3) is 0.429. The molecule has 7 nitrogen and oxygen atoms in total.